The molecule has 0 spiro atoms. The third-order valence-corrected chi connectivity index (χ3v) is 3.55. The number of thioether (sulfide) groups is 1. The van der Waals surface area contributed by atoms with Crippen molar-refractivity contribution in [2.75, 3.05) is 5.75 Å². The predicted octanol–water partition coefficient (Wildman–Crippen LogP) is 0.489. The second-order valence-electron chi connectivity index (χ2n) is 3.02. The van der Waals surface area contributed by atoms with Crippen molar-refractivity contribution >= 4 is 27.4 Å². The van der Waals surface area contributed by atoms with Crippen LogP contribution in [-0.4, -0.2) is 28.8 Å². The van der Waals surface area contributed by atoms with Gasteiger partial charge in [-0.3, -0.25) is 0 Å². The molecule has 0 radical (unpaired) electrons. The quantitative estimate of drug-likeness (QED) is 0.809. The highest BCUT2D eigenvalue weighted by Gasteiger charge is 2.15. The smallest absolute Gasteiger partial charge is 0.234 e. The second-order valence-corrected chi connectivity index (χ2v) is 5.81. The number of fused-ring (bicyclic) bond motifs is 1. The molecule has 0 aliphatic rings. The number of nitrogens with zero attached hydrogens (tertiary/aromatic N) is 3. The Balaban J connectivity index is 2.65. The molecular formula is C8H10N4O2S2. The number of hydrogen-bond donors (Lipinski definition) is 1. The van der Waals surface area contributed by atoms with Gasteiger partial charge in [0.1, 0.15) is 5.03 Å². The number of rotatable bonds is 3. The Kier molecular flexibility index (Phi) is 2.87. The molecule has 0 atom stereocenters. The highest BCUT2D eigenvalue weighted by atomic mass is 32.2. The Labute approximate surface area is 96.9 Å². The molecule has 2 N–H and O–H groups in total. The lowest BCUT2D eigenvalue weighted by atomic mass is 10.6. The van der Waals surface area contributed by atoms with Crippen LogP contribution in [-0.2, 0) is 10.0 Å². The Morgan fingerprint density at radius 2 is 2.25 bits per heavy atom. The summed E-state index contributed by atoms with van der Waals surface area (Å²) in [4.78, 5) is 3.92. The molecule has 8 heteroatoms. The van der Waals surface area contributed by atoms with E-state index in [1.165, 1.54) is 22.5 Å². The molecular weight excluding hydrogens is 248 g/mol. The third kappa shape index (κ3) is 2.04. The molecule has 16 heavy (non-hydrogen) atoms. The van der Waals surface area contributed by atoms with Crippen molar-refractivity contribution in [2.45, 2.75) is 17.0 Å². The zero-order valence-electron chi connectivity index (χ0n) is 8.49. The van der Waals surface area contributed by atoms with Crippen LogP contribution in [0.2, 0.25) is 0 Å². The molecule has 0 unspecified atom stereocenters. The molecule has 2 aromatic heterocycles. The Morgan fingerprint density at radius 3 is 2.88 bits per heavy atom. The average molecular weight is 258 g/mol. The summed E-state index contributed by atoms with van der Waals surface area (Å²) in [7, 11) is -3.79. The first-order valence-electron chi connectivity index (χ1n) is 4.53. The summed E-state index contributed by atoms with van der Waals surface area (Å²) in [6.07, 6.45) is 1.21. The monoisotopic (exact) mass is 258 g/mol. The molecule has 6 nitrogen and oxygen atoms in total. The van der Waals surface area contributed by atoms with Crippen molar-refractivity contribution in [3.05, 3.63) is 18.3 Å². The van der Waals surface area contributed by atoms with E-state index >= 15 is 0 Å². The van der Waals surface area contributed by atoms with Crippen LogP contribution in [0, 0.1) is 0 Å². The van der Waals surface area contributed by atoms with E-state index in [1.54, 1.807) is 12.1 Å². The summed E-state index contributed by atoms with van der Waals surface area (Å²) in [6.45, 7) is 1.99. The average Bonchev–Trinajstić information content (AvgIpc) is 2.60. The van der Waals surface area contributed by atoms with Gasteiger partial charge in [0.25, 0.3) is 10.0 Å². The Bertz CT molecular complexity index is 620. The zero-order chi connectivity index (χ0) is 11.8. The van der Waals surface area contributed by atoms with Crippen LogP contribution < -0.4 is 5.14 Å². The molecule has 0 aromatic carbocycles. The zero-order valence-corrected chi connectivity index (χ0v) is 10.1. The summed E-state index contributed by atoms with van der Waals surface area (Å²) in [6, 6.07) is 3.50. The fourth-order valence-electron chi connectivity index (χ4n) is 1.25. The van der Waals surface area contributed by atoms with Crippen LogP contribution in [0.15, 0.2) is 28.4 Å². The van der Waals surface area contributed by atoms with E-state index in [9.17, 15) is 8.42 Å². The van der Waals surface area contributed by atoms with E-state index in [2.05, 4.69) is 10.1 Å². The molecule has 0 saturated heterocycles. The minimum absolute atomic E-state index is 0.0962. The van der Waals surface area contributed by atoms with E-state index in [0.717, 1.165) is 10.8 Å². The molecule has 0 amide bonds. The van der Waals surface area contributed by atoms with Crippen LogP contribution >= 0.6 is 11.8 Å². The van der Waals surface area contributed by atoms with E-state index < -0.39 is 10.0 Å². The van der Waals surface area contributed by atoms with Gasteiger partial charge in [-0.05, 0) is 17.9 Å². The van der Waals surface area contributed by atoms with Gasteiger partial charge in [-0.2, -0.15) is 9.61 Å². The lowest BCUT2D eigenvalue weighted by Crippen LogP contribution is -2.15. The van der Waals surface area contributed by atoms with Gasteiger partial charge >= 0.3 is 0 Å². The highest BCUT2D eigenvalue weighted by molar-refractivity contribution is 7.99. The fourth-order valence-corrected chi connectivity index (χ4v) is 2.43. The maximum absolute atomic E-state index is 11.2. The normalized spacial score (nSPS) is 12.1. The summed E-state index contributed by atoms with van der Waals surface area (Å²) in [5.74, 6) is 0.859. The first-order valence-corrected chi connectivity index (χ1v) is 7.06. The number of nitrogens with two attached hydrogens (primary N) is 1. The summed E-state index contributed by atoms with van der Waals surface area (Å²) < 4.78 is 23.7. The lowest BCUT2D eigenvalue weighted by molar-refractivity contribution is 0.588. The van der Waals surface area contributed by atoms with E-state index in [0.29, 0.717) is 5.65 Å². The van der Waals surface area contributed by atoms with Crippen LogP contribution in [0.25, 0.3) is 5.65 Å². The topological polar surface area (TPSA) is 90.3 Å². The molecule has 0 fully saturated rings. The van der Waals surface area contributed by atoms with Crippen molar-refractivity contribution in [1.82, 2.24) is 14.6 Å². The first kappa shape index (κ1) is 11.4. The molecule has 2 aromatic rings. The van der Waals surface area contributed by atoms with Crippen molar-refractivity contribution < 1.29 is 8.42 Å². The number of aromatic nitrogens is 3. The van der Waals surface area contributed by atoms with Crippen LogP contribution in [0.5, 0.6) is 0 Å². The number of sulfonamides is 1. The van der Waals surface area contributed by atoms with E-state index in [1.807, 2.05) is 6.92 Å². The minimum atomic E-state index is -3.79. The minimum Gasteiger partial charge on any atom is -0.234 e. The maximum Gasteiger partial charge on any atom is 0.257 e. The Morgan fingerprint density at radius 1 is 1.50 bits per heavy atom. The van der Waals surface area contributed by atoms with Crippen molar-refractivity contribution in [3.8, 4) is 0 Å². The number of hydrogen-bond acceptors (Lipinski definition) is 5. The summed E-state index contributed by atoms with van der Waals surface area (Å²) in [5, 5.41) is 9.84. The molecule has 0 saturated carbocycles. The van der Waals surface area contributed by atoms with Gasteiger partial charge in [-0.15, -0.1) is 11.8 Å². The van der Waals surface area contributed by atoms with Crippen LogP contribution in [0.1, 0.15) is 6.92 Å². The van der Waals surface area contributed by atoms with Gasteiger partial charge in [-0.25, -0.2) is 18.5 Å². The van der Waals surface area contributed by atoms with Gasteiger partial charge in [-0.1, -0.05) is 6.92 Å². The molecule has 0 aliphatic carbocycles. The van der Waals surface area contributed by atoms with Gasteiger partial charge in [0.2, 0.25) is 0 Å². The van der Waals surface area contributed by atoms with Gasteiger partial charge < -0.3 is 0 Å². The molecule has 2 heterocycles. The SMILES string of the molecule is CCSc1ccc2ncc(S(N)(=O)=O)n2n1. The first-order chi connectivity index (χ1) is 7.52. The molecule has 2 rings (SSSR count). The molecule has 0 aliphatic heterocycles. The molecule has 86 valence electrons. The standard InChI is InChI=1S/C8H10N4O2S2/c1-2-15-7-4-3-6-10-5-8(12(6)11-7)16(9,13)14/h3-5H,2H2,1H3,(H2,9,13,14). The highest BCUT2D eigenvalue weighted by Crippen LogP contribution is 2.16. The van der Waals surface area contributed by atoms with Gasteiger partial charge in [0.05, 0.1) is 6.20 Å². The second kappa shape index (κ2) is 4.04. The maximum atomic E-state index is 11.2. The number of primary sulfonamides is 1. The van der Waals surface area contributed by atoms with Crippen LogP contribution in [0.3, 0.4) is 0 Å². The van der Waals surface area contributed by atoms with Crippen molar-refractivity contribution in [1.29, 1.82) is 0 Å². The Hall–Kier alpha value is -1.12. The van der Waals surface area contributed by atoms with Crippen molar-refractivity contribution in [2.24, 2.45) is 5.14 Å². The van der Waals surface area contributed by atoms with Crippen molar-refractivity contribution in [3.63, 3.8) is 0 Å². The van der Waals surface area contributed by atoms with Gasteiger partial charge in [0.15, 0.2) is 10.7 Å². The largest absolute Gasteiger partial charge is 0.257 e. The third-order valence-electron chi connectivity index (χ3n) is 1.89. The summed E-state index contributed by atoms with van der Waals surface area (Å²) in [5.41, 5.74) is 0.462. The summed E-state index contributed by atoms with van der Waals surface area (Å²) >= 11 is 1.52. The predicted molar refractivity (Wildman–Crippen MR) is 60.8 cm³/mol. The van der Waals surface area contributed by atoms with E-state index in [-0.39, 0.29) is 5.03 Å². The molecule has 0 bridgehead atoms. The van der Waals surface area contributed by atoms with E-state index in [4.69, 9.17) is 5.14 Å². The lowest BCUT2D eigenvalue weighted by Gasteiger charge is -2.00. The van der Waals surface area contributed by atoms with Gasteiger partial charge in [0, 0.05) is 0 Å². The number of imidazole rings is 1. The van der Waals surface area contributed by atoms with Crippen LogP contribution in [0.4, 0.5) is 0 Å². The fraction of sp³-hybridized carbons (Fsp3) is 0.250.